The normalized spacial score (nSPS) is 12.0. The van der Waals surface area contributed by atoms with Crippen LogP contribution in [-0.4, -0.2) is 31.7 Å². The van der Waals surface area contributed by atoms with Gasteiger partial charge in [0.25, 0.3) is 0 Å². The Balaban J connectivity index is 3.21. The first-order valence-corrected chi connectivity index (χ1v) is 35.9. The Bertz CT molecular complexity index is 923. The van der Waals surface area contributed by atoms with Gasteiger partial charge in [-0.2, -0.15) is 0 Å². The van der Waals surface area contributed by atoms with E-state index >= 15 is 0 Å². The van der Waals surface area contributed by atoms with E-state index in [0.29, 0.717) is 0 Å². The largest absolute Gasteiger partial charge is 0.328 e. The highest BCUT2D eigenvalue weighted by molar-refractivity contribution is 4.56. The van der Waals surface area contributed by atoms with Gasteiger partial charge in [0.05, 0.1) is 27.2 Å². The van der Waals surface area contributed by atoms with Crippen LogP contribution >= 0.6 is 0 Å². The van der Waals surface area contributed by atoms with E-state index in [-0.39, 0.29) is 0 Å². The van der Waals surface area contributed by atoms with Crippen LogP contribution in [0.1, 0.15) is 438 Å². The van der Waals surface area contributed by atoms with E-state index < -0.39 is 0 Å². The van der Waals surface area contributed by atoms with Gasteiger partial charge in [0.1, 0.15) is 0 Å². The molecule has 0 aliphatic heterocycles. The topological polar surface area (TPSA) is 0 Å². The third-order valence-corrected chi connectivity index (χ3v) is 17.7. The smallest absolute Gasteiger partial charge is 0.0782 e. The van der Waals surface area contributed by atoms with Crippen LogP contribution in [0.15, 0.2) is 0 Å². The molecule has 0 aliphatic carbocycles. The van der Waals surface area contributed by atoms with Crippen LogP contribution in [0.2, 0.25) is 0 Å². The van der Waals surface area contributed by atoms with Crippen molar-refractivity contribution in [2.75, 3.05) is 27.2 Å². The molecule has 0 saturated carbocycles. The van der Waals surface area contributed by atoms with Crippen molar-refractivity contribution >= 4 is 0 Å². The summed E-state index contributed by atoms with van der Waals surface area (Å²) < 4.78 is 1.25. The summed E-state index contributed by atoms with van der Waals surface area (Å²) in [6.07, 6.45) is 97.9. The Morgan fingerprint density at radius 3 is 0.301 bits per heavy atom. The van der Waals surface area contributed by atoms with Crippen LogP contribution < -0.4 is 0 Å². The molecule has 0 aromatic rings. The molecule has 0 atom stereocenters. The van der Waals surface area contributed by atoms with Crippen LogP contribution in [0.25, 0.3) is 0 Å². The summed E-state index contributed by atoms with van der Waals surface area (Å²) in [6, 6.07) is 0. The summed E-state index contributed by atoms with van der Waals surface area (Å²) in [5, 5.41) is 0. The SMILES string of the molecule is CCCCCCCCCCCCCCCCCCCCCCCCCCCCCCCCCCCC[N+](C)(C)CCCCCCCCCCCCCCCCCCCCCCCCCCCCCCCCCC. The third kappa shape index (κ3) is 68.0. The lowest BCUT2D eigenvalue weighted by atomic mass is 10.0. The Labute approximate surface area is 467 Å². The Kier molecular flexibility index (Phi) is 66.2. The molecule has 0 unspecified atom stereocenters. The van der Waals surface area contributed by atoms with Gasteiger partial charge in [0.2, 0.25) is 0 Å². The summed E-state index contributed by atoms with van der Waals surface area (Å²) in [7, 11) is 4.99. The summed E-state index contributed by atoms with van der Waals surface area (Å²) in [6.45, 7) is 7.41. The molecule has 0 heterocycles. The second-order valence-electron chi connectivity index (χ2n) is 26.0. The molecule has 0 aromatic carbocycles. The summed E-state index contributed by atoms with van der Waals surface area (Å²) >= 11 is 0. The number of quaternary nitrogens is 1. The Hall–Kier alpha value is -0.0400. The van der Waals surface area contributed by atoms with E-state index in [2.05, 4.69) is 27.9 Å². The van der Waals surface area contributed by atoms with Gasteiger partial charge in [-0.25, -0.2) is 0 Å². The van der Waals surface area contributed by atoms with Gasteiger partial charge in [-0.05, 0) is 25.7 Å². The Morgan fingerprint density at radius 1 is 0.123 bits per heavy atom. The van der Waals surface area contributed by atoms with Crippen LogP contribution in [0, 0.1) is 0 Å². The van der Waals surface area contributed by atoms with Gasteiger partial charge in [0, 0.05) is 0 Å². The van der Waals surface area contributed by atoms with Crippen molar-refractivity contribution in [2.45, 2.75) is 438 Å². The first-order valence-electron chi connectivity index (χ1n) is 35.9. The molecule has 0 saturated heterocycles. The van der Waals surface area contributed by atoms with E-state index in [9.17, 15) is 0 Å². The lowest BCUT2D eigenvalue weighted by molar-refractivity contribution is -0.890. The maximum atomic E-state index is 2.49. The zero-order valence-corrected chi connectivity index (χ0v) is 52.5. The molecule has 0 amide bonds. The lowest BCUT2D eigenvalue weighted by Crippen LogP contribution is -2.41. The average Bonchev–Trinajstić information content (AvgIpc) is 3.39. The van der Waals surface area contributed by atoms with Crippen LogP contribution in [0.4, 0.5) is 0 Å². The maximum Gasteiger partial charge on any atom is 0.0782 e. The van der Waals surface area contributed by atoms with Gasteiger partial charge in [0.15, 0.2) is 0 Å². The predicted molar refractivity (Wildman–Crippen MR) is 338 cm³/mol. The molecule has 0 radical (unpaired) electrons. The molecule has 0 rings (SSSR count). The van der Waals surface area contributed by atoms with Gasteiger partial charge < -0.3 is 4.48 Å². The molecule has 0 spiro atoms. The number of unbranched alkanes of at least 4 members (excludes halogenated alkanes) is 64. The van der Waals surface area contributed by atoms with E-state index in [1.807, 2.05) is 0 Å². The van der Waals surface area contributed by atoms with Gasteiger partial charge in [-0.15, -0.1) is 0 Å². The van der Waals surface area contributed by atoms with Crippen LogP contribution in [-0.2, 0) is 0 Å². The van der Waals surface area contributed by atoms with Crippen molar-refractivity contribution in [1.29, 1.82) is 0 Å². The van der Waals surface area contributed by atoms with Crippen molar-refractivity contribution in [3.63, 3.8) is 0 Å². The van der Waals surface area contributed by atoms with Gasteiger partial charge in [-0.1, -0.05) is 412 Å². The van der Waals surface area contributed by atoms with Gasteiger partial charge in [-0.3, -0.25) is 0 Å². The molecular formula is C72H148N+. The Morgan fingerprint density at radius 2 is 0.205 bits per heavy atom. The molecule has 0 aromatic heterocycles. The standard InChI is InChI=1S/C72H148N/c1-5-7-9-11-13-15-17-19-21-23-25-27-29-31-33-35-37-39-40-42-44-46-48-50-52-54-56-58-60-62-64-66-68-70-72-73(3,4)71-69-67-65-63-61-59-57-55-53-51-49-47-45-43-41-38-36-34-32-30-28-26-24-22-20-18-16-14-12-10-8-6-2/h5-72H2,1-4H3/q+1. The van der Waals surface area contributed by atoms with Crippen molar-refractivity contribution < 1.29 is 4.48 Å². The zero-order chi connectivity index (χ0) is 52.6. The first kappa shape index (κ1) is 73.0. The van der Waals surface area contributed by atoms with E-state index in [4.69, 9.17) is 0 Å². The second kappa shape index (κ2) is 66.2. The third-order valence-electron chi connectivity index (χ3n) is 17.7. The molecule has 0 N–H and O–H groups in total. The second-order valence-corrected chi connectivity index (χ2v) is 26.0. The van der Waals surface area contributed by atoms with Crippen molar-refractivity contribution in [1.82, 2.24) is 0 Å². The predicted octanol–water partition coefficient (Wildman–Crippen LogP) is 26.8. The van der Waals surface area contributed by atoms with E-state index in [1.54, 1.807) is 0 Å². The zero-order valence-electron chi connectivity index (χ0n) is 52.5. The van der Waals surface area contributed by atoms with Crippen molar-refractivity contribution in [3.8, 4) is 0 Å². The molecule has 0 fully saturated rings. The van der Waals surface area contributed by atoms with Gasteiger partial charge >= 0.3 is 0 Å². The fourth-order valence-corrected chi connectivity index (χ4v) is 12.3. The highest BCUT2D eigenvalue weighted by Crippen LogP contribution is 2.20. The molecule has 1 heteroatoms. The lowest BCUT2D eigenvalue weighted by Gasteiger charge is -2.30. The quantitative estimate of drug-likeness (QED) is 0.0421. The minimum atomic E-state index is 1.25. The molecule has 0 aliphatic rings. The fraction of sp³-hybridized carbons (Fsp3) is 1.00. The van der Waals surface area contributed by atoms with E-state index in [0.717, 1.165) is 0 Å². The maximum absolute atomic E-state index is 2.49. The van der Waals surface area contributed by atoms with E-state index in [1.165, 1.54) is 441 Å². The summed E-state index contributed by atoms with van der Waals surface area (Å²) in [5.41, 5.74) is 0. The summed E-state index contributed by atoms with van der Waals surface area (Å²) in [4.78, 5) is 0. The minimum absolute atomic E-state index is 1.25. The highest BCUT2D eigenvalue weighted by atomic mass is 15.3. The molecule has 1 nitrogen and oxygen atoms in total. The molecule has 0 bridgehead atoms. The number of nitrogens with zero attached hydrogens (tertiary/aromatic N) is 1. The summed E-state index contributed by atoms with van der Waals surface area (Å²) in [5.74, 6) is 0. The average molecular weight is 1030 g/mol. The van der Waals surface area contributed by atoms with Crippen molar-refractivity contribution in [3.05, 3.63) is 0 Å². The molecule has 440 valence electrons. The molecule has 73 heavy (non-hydrogen) atoms. The fourth-order valence-electron chi connectivity index (χ4n) is 12.3. The number of hydrogen-bond donors (Lipinski definition) is 0. The van der Waals surface area contributed by atoms with Crippen molar-refractivity contribution in [2.24, 2.45) is 0 Å². The minimum Gasteiger partial charge on any atom is -0.328 e. The number of rotatable bonds is 68. The molecular weight excluding hydrogens is 879 g/mol. The van der Waals surface area contributed by atoms with Crippen LogP contribution in [0.3, 0.4) is 0 Å². The monoisotopic (exact) mass is 1030 g/mol. The van der Waals surface area contributed by atoms with Crippen LogP contribution in [0.5, 0.6) is 0 Å². The highest BCUT2D eigenvalue weighted by Gasteiger charge is 2.13. The first-order chi connectivity index (χ1) is 36.1. The number of hydrogen-bond acceptors (Lipinski definition) is 0.